The Morgan fingerprint density at radius 1 is 1.31 bits per heavy atom. The molecule has 1 heterocycles. The molecule has 0 saturated carbocycles. The molecule has 16 heavy (non-hydrogen) atoms. The summed E-state index contributed by atoms with van der Waals surface area (Å²) >= 11 is 5.84. The van der Waals surface area contributed by atoms with Gasteiger partial charge in [0.15, 0.2) is 0 Å². The molecule has 0 bridgehead atoms. The minimum Gasteiger partial charge on any atom is -0.469 e. The van der Waals surface area contributed by atoms with Gasteiger partial charge in [-0.3, -0.25) is 0 Å². The average Bonchev–Trinajstić information content (AvgIpc) is 2.74. The smallest absolute Gasteiger partial charge is 0.142 e. The molecular formula is C12H11ClFNO. The largest absolute Gasteiger partial charge is 0.469 e. The lowest BCUT2D eigenvalue weighted by atomic mass is 10.0. The second kappa shape index (κ2) is 4.68. The van der Waals surface area contributed by atoms with Crippen LogP contribution >= 0.6 is 11.6 Å². The quantitative estimate of drug-likeness (QED) is 0.893. The Balaban J connectivity index is 2.21. The molecule has 1 unspecified atom stereocenters. The SMILES string of the molecule is NC(Cc1ccco1)c1cccc(F)c1Cl. The van der Waals surface area contributed by atoms with Gasteiger partial charge in [-0.25, -0.2) is 4.39 Å². The zero-order valence-corrected chi connectivity index (χ0v) is 9.25. The summed E-state index contributed by atoms with van der Waals surface area (Å²) in [4.78, 5) is 0. The fourth-order valence-electron chi connectivity index (χ4n) is 1.56. The summed E-state index contributed by atoms with van der Waals surface area (Å²) in [6.45, 7) is 0. The third kappa shape index (κ3) is 2.26. The zero-order chi connectivity index (χ0) is 11.5. The number of rotatable bonds is 3. The van der Waals surface area contributed by atoms with E-state index in [0.29, 0.717) is 12.0 Å². The van der Waals surface area contributed by atoms with E-state index in [0.717, 1.165) is 5.76 Å². The molecule has 1 atom stereocenters. The number of hydrogen-bond donors (Lipinski definition) is 1. The molecule has 0 fully saturated rings. The monoisotopic (exact) mass is 239 g/mol. The Morgan fingerprint density at radius 2 is 2.12 bits per heavy atom. The first-order valence-corrected chi connectivity index (χ1v) is 5.28. The third-order valence-corrected chi connectivity index (χ3v) is 2.78. The molecular weight excluding hydrogens is 229 g/mol. The molecule has 0 spiro atoms. The summed E-state index contributed by atoms with van der Waals surface area (Å²) < 4.78 is 18.4. The highest BCUT2D eigenvalue weighted by molar-refractivity contribution is 6.31. The minimum atomic E-state index is -0.450. The maximum atomic E-state index is 13.2. The van der Waals surface area contributed by atoms with Crippen LogP contribution in [-0.4, -0.2) is 0 Å². The van der Waals surface area contributed by atoms with Gasteiger partial charge in [-0.15, -0.1) is 0 Å². The van der Waals surface area contributed by atoms with Crippen LogP contribution in [0.3, 0.4) is 0 Å². The Bertz CT molecular complexity index is 470. The van der Waals surface area contributed by atoms with Crippen molar-refractivity contribution < 1.29 is 8.81 Å². The van der Waals surface area contributed by atoms with Gasteiger partial charge in [-0.05, 0) is 23.8 Å². The van der Waals surface area contributed by atoms with Gasteiger partial charge in [0.05, 0.1) is 11.3 Å². The molecule has 4 heteroatoms. The minimum absolute atomic E-state index is 0.0848. The maximum absolute atomic E-state index is 13.2. The van der Waals surface area contributed by atoms with Crippen molar-refractivity contribution >= 4 is 11.6 Å². The number of halogens is 2. The lowest BCUT2D eigenvalue weighted by molar-refractivity contribution is 0.488. The van der Waals surface area contributed by atoms with E-state index in [9.17, 15) is 4.39 Å². The van der Waals surface area contributed by atoms with Crippen LogP contribution in [0.4, 0.5) is 4.39 Å². The van der Waals surface area contributed by atoms with Crippen LogP contribution in [0.1, 0.15) is 17.4 Å². The van der Waals surface area contributed by atoms with Crippen molar-refractivity contribution in [1.29, 1.82) is 0 Å². The lowest BCUT2D eigenvalue weighted by Crippen LogP contribution is -2.13. The number of benzene rings is 1. The number of hydrogen-bond acceptors (Lipinski definition) is 2. The molecule has 0 amide bonds. The summed E-state index contributed by atoms with van der Waals surface area (Å²) in [5.74, 6) is 0.307. The Hall–Kier alpha value is -1.32. The van der Waals surface area contributed by atoms with E-state index in [2.05, 4.69) is 0 Å². The summed E-state index contributed by atoms with van der Waals surface area (Å²) in [6.07, 6.45) is 2.07. The zero-order valence-electron chi connectivity index (χ0n) is 8.49. The fourth-order valence-corrected chi connectivity index (χ4v) is 1.83. The van der Waals surface area contributed by atoms with Crippen LogP contribution in [0, 0.1) is 5.82 Å². The average molecular weight is 240 g/mol. The second-order valence-electron chi connectivity index (χ2n) is 3.53. The molecule has 2 aromatic rings. The predicted molar refractivity (Wildman–Crippen MR) is 60.8 cm³/mol. The van der Waals surface area contributed by atoms with Gasteiger partial charge in [-0.1, -0.05) is 23.7 Å². The van der Waals surface area contributed by atoms with Gasteiger partial charge in [0.2, 0.25) is 0 Å². The molecule has 0 saturated heterocycles. The molecule has 1 aromatic carbocycles. The van der Waals surface area contributed by atoms with Crippen molar-refractivity contribution in [2.75, 3.05) is 0 Å². The molecule has 0 radical (unpaired) electrons. The van der Waals surface area contributed by atoms with Crippen LogP contribution in [0.25, 0.3) is 0 Å². The summed E-state index contributed by atoms with van der Waals surface area (Å²) in [5, 5.41) is 0.0848. The fraction of sp³-hybridized carbons (Fsp3) is 0.167. The van der Waals surface area contributed by atoms with E-state index < -0.39 is 5.82 Å². The molecule has 0 aliphatic rings. The summed E-state index contributed by atoms with van der Waals surface area (Å²) in [5.41, 5.74) is 6.54. The van der Waals surface area contributed by atoms with Crippen molar-refractivity contribution in [2.45, 2.75) is 12.5 Å². The van der Waals surface area contributed by atoms with Crippen LogP contribution < -0.4 is 5.73 Å². The van der Waals surface area contributed by atoms with Crippen molar-refractivity contribution in [3.8, 4) is 0 Å². The molecule has 1 aromatic heterocycles. The van der Waals surface area contributed by atoms with Crippen molar-refractivity contribution in [3.05, 3.63) is 58.8 Å². The topological polar surface area (TPSA) is 39.2 Å². The molecule has 2 rings (SSSR count). The Labute approximate surface area is 97.8 Å². The standard InChI is InChI=1S/C12H11ClFNO/c13-12-9(4-1-5-10(12)14)11(15)7-8-3-2-6-16-8/h1-6,11H,7,15H2. The van der Waals surface area contributed by atoms with E-state index in [4.69, 9.17) is 21.8 Å². The highest BCUT2D eigenvalue weighted by Crippen LogP contribution is 2.26. The lowest BCUT2D eigenvalue weighted by Gasteiger charge is -2.12. The first-order valence-electron chi connectivity index (χ1n) is 4.90. The van der Waals surface area contributed by atoms with Gasteiger partial charge in [0, 0.05) is 12.5 Å². The van der Waals surface area contributed by atoms with Gasteiger partial charge < -0.3 is 10.2 Å². The first-order chi connectivity index (χ1) is 7.68. The van der Waals surface area contributed by atoms with Crippen molar-refractivity contribution in [2.24, 2.45) is 5.73 Å². The van der Waals surface area contributed by atoms with E-state index in [1.54, 1.807) is 24.5 Å². The molecule has 2 N–H and O–H groups in total. The van der Waals surface area contributed by atoms with Crippen LogP contribution in [-0.2, 0) is 6.42 Å². The van der Waals surface area contributed by atoms with E-state index in [-0.39, 0.29) is 11.1 Å². The molecule has 2 nitrogen and oxygen atoms in total. The molecule has 0 aliphatic heterocycles. The van der Waals surface area contributed by atoms with Gasteiger partial charge >= 0.3 is 0 Å². The summed E-state index contributed by atoms with van der Waals surface area (Å²) in [7, 11) is 0. The highest BCUT2D eigenvalue weighted by Gasteiger charge is 2.14. The van der Waals surface area contributed by atoms with E-state index in [1.807, 2.05) is 6.07 Å². The first kappa shape index (κ1) is 11.2. The summed E-state index contributed by atoms with van der Waals surface area (Å²) in [6, 6.07) is 7.88. The van der Waals surface area contributed by atoms with Gasteiger partial charge in [0.1, 0.15) is 11.6 Å². The Kier molecular flexibility index (Phi) is 3.27. The van der Waals surface area contributed by atoms with E-state index in [1.165, 1.54) is 6.07 Å². The van der Waals surface area contributed by atoms with Gasteiger partial charge in [-0.2, -0.15) is 0 Å². The number of nitrogens with two attached hydrogens (primary N) is 1. The van der Waals surface area contributed by atoms with E-state index >= 15 is 0 Å². The Morgan fingerprint density at radius 3 is 2.81 bits per heavy atom. The second-order valence-corrected chi connectivity index (χ2v) is 3.91. The highest BCUT2D eigenvalue weighted by atomic mass is 35.5. The van der Waals surface area contributed by atoms with Crippen molar-refractivity contribution in [3.63, 3.8) is 0 Å². The third-order valence-electron chi connectivity index (χ3n) is 2.38. The van der Waals surface area contributed by atoms with Crippen LogP contribution in [0.2, 0.25) is 5.02 Å². The van der Waals surface area contributed by atoms with Crippen LogP contribution in [0.15, 0.2) is 41.0 Å². The molecule has 0 aliphatic carbocycles. The number of furan rings is 1. The normalized spacial score (nSPS) is 12.7. The molecule has 84 valence electrons. The van der Waals surface area contributed by atoms with Gasteiger partial charge in [0.25, 0.3) is 0 Å². The maximum Gasteiger partial charge on any atom is 0.142 e. The predicted octanol–water partition coefficient (Wildman–Crippen LogP) is 3.31. The van der Waals surface area contributed by atoms with Crippen LogP contribution in [0.5, 0.6) is 0 Å². The van der Waals surface area contributed by atoms with Crippen molar-refractivity contribution in [1.82, 2.24) is 0 Å².